The number of piperazine rings is 1. The van der Waals surface area contributed by atoms with Gasteiger partial charge in [-0.3, -0.25) is 38.6 Å². The molecule has 0 radical (unpaired) electrons. The zero-order valence-corrected chi connectivity index (χ0v) is 35.3. The number of anilines is 4. The first-order chi connectivity index (χ1) is 28.9. The number of hydrogen-bond acceptors (Lipinski definition) is 13. The van der Waals surface area contributed by atoms with E-state index < -0.39 is 5.92 Å². The van der Waals surface area contributed by atoms with E-state index in [0.29, 0.717) is 58.3 Å². The molecule has 316 valence electrons. The van der Waals surface area contributed by atoms with Gasteiger partial charge in [-0.2, -0.15) is 10.1 Å². The second-order valence-electron chi connectivity index (χ2n) is 16.1. The largest absolute Gasteiger partial charge is 0.478 e. The number of hydrogen-bond donors (Lipinski definition) is 3. The molecule has 1 aromatic carbocycles. The molecule has 1 unspecified atom stereocenters. The van der Waals surface area contributed by atoms with Crippen molar-refractivity contribution in [3.63, 3.8) is 0 Å². The molecule has 2 atom stereocenters. The third-order valence-corrected chi connectivity index (χ3v) is 12.4. The lowest BCUT2D eigenvalue weighted by molar-refractivity contribution is -0.134. The summed E-state index contributed by atoms with van der Waals surface area (Å²) in [4.78, 5) is 70.8. The van der Waals surface area contributed by atoms with Crippen molar-refractivity contribution in [2.45, 2.75) is 64.5 Å². The molecule has 0 saturated carbocycles. The maximum atomic E-state index is 13.2. The Morgan fingerprint density at radius 3 is 2.47 bits per heavy atom. The summed E-state index contributed by atoms with van der Waals surface area (Å²) in [5.74, 6) is 0.356. The van der Waals surface area contributed by atoms with E-state index in [2.05, 4.69) is 53.6 Å². The second-order valence-corrected chi connectivity index (χ2v) is 16.5. The average molecular weight is 839 g/mol. The van der Waals surface area contributed by atoms with Gasteiger partial charge in [-0.1, -0.05) is 23.7 Å². The SMILES string of the molecule is CNC(=O)COc1cc2cc(Nc3nc(N4CCN([C@H](C)C5CCN(c6cccc7c(C8CCC(=O)NC8=O)nn(C)c67)CC5)CC4)ncc3Cl)cnc2n(C(C)C)c1=O. The molecule has 17 nitrogen and oxygen atoms in total. The van der Waals surface area contributed by atoms with E-state index in [1.165, 1.54) is 7.05 Å². The molecule has 3 amide bonds. The minimum absolute atomic E-state index is 0.0575. The number of fused-ring (bicyclic) bond motifs is 2. The van der Waals surface area contributed by atoms with Crippen molar-refractivity contribution in [1.82, 2.24) is 44.8 Å². The maximum absolute atomic E-state index is 13.2. The van der Waals surface area contributed by atoms with Crippen LogP contribution in [0, 0.1) is 5.92 Å². The highest BCUT2D eigenvalue weighted by molar-refractivity contribution is 6.33. The van der Waals surface area contributed by atoms with Gasteiger partial charge in [0.1, 0.15) is 10.7 Å². The molecule has 0 aliphatic carbocycles. The van der Waals surface area contributed by atoms with Crippen molar-refractivity contribution >= 4 is 74.4 Å². The predicted octanol–water partition coefficient (Wildman–Crippen LogP) is 4.12. The zero-order valence-electron chi connectivity index (χ0n) is 34.6. The quantitative estimate of drug-likeness (QED) is 0.162. The Bertz CT molecular complexity index is 2510. The number of halogens is 1. The van der Waals surface area contributed by atoms with E-state index in [1.807, 2.05) is 43.8 Å². The molecule has 3 N–H and O–H groups in total. The highest BCUT2D eigenvalue weighted by Gasteiger charge is 2.34. The van der Waals surface area contributed by atoms with Gasteiger partial charge in [-0.25, -0.2) is 9.97 Å². The number of aromatic nitrogens is 6. The zero-order chi connectivity index (χ0) is 42.2. The molecule has 4 aromatic heterocycles. The number of aryl methyl sites for hydroxylation is 1. The van der Waals surface area contributed by atoms with Crippen LogP contribution in [0.3, 0.4) is 0 Å². The van der Waals surface area contributed by atoms with Gasteiger partial charge in [0, 0.05) is 82.6 Å². The summed E-state index contributed by atoms with van der Waals surface area (Å²) in [6, 6.07) is 9.88. The number of carbonyl (C=O) groups excluding carboxylic acids is 3. The summed E-state index contributed by atoms with van der Waals surface area (Å²) in [5, 5.41) is 15.0. The average Bonchev–Trinajstić information content (AvgIpc) is 3.59. The van der Waals surface area contributed by atoms with E-state index in [1.54, 1.807) is 23.0 Å². The summed E-state index contributed by atoms with van der Waals surface area (Å²) >= 11 is 6.61. The Morgan fingerprint density at radius 2 is 1.75 bits per heavy atom. The third-order valence-electron chi connectivity index (χ3n) is 12.2. The Kier molecular flexibility index (Phi) is 11.6. The van der Waals surface area contributed by atoms with Crippen LogP contribution < -0.4 is 36.0 Å². The Labute approximate surface area is 352 Å². The standard InChI is InChI=1S/C42H51ClN12O5/c1-24(2)55-39-27(20-33(41(55)59)60-23-35(57)44-4)19-28(21-45-39)47-38-31(43)22-46-42(49-38)54-17-15-52(16-18-54)25(3)26-11-13-53(14-12-26)32-8-6-7-29-36(50-51(5)37(29)32)30-9-10-34(56)48-40(30)58/h6-8,19-22,24-26,30H,9-18,23H2,1-5H3,(H,44,57)(H,46,47,49)(H,48,56,58)/t25-,30?/m1/s1. The second kappa shape index (κ2) is 17.0. The fourth-order valence-electron chi connectivity index (χ4n) is 8.86. The van der Waals surface area contributed by atoms with Crippen LogP contribution in [0.4, 0.5) is 23.1 Å². The van der Waals surface area contributed by atoms with E-state index in [-0.39, 0.29) is 41.7 Å². The predicted molar refractivity (Wildman–Crippen MR) is 230 cm³/mol. The van der Waals surface area contributed by atoms with Gasteiger partial charge in [-0.05, 0) is 64.2 Å². The van der Waals surface area contributed by atoms with Gasteiger partial charge in [0.05, 0.1) is 40.9 Å². The monoisotopic (exact) mass is 838 g/mol. The molecule has 3 saturated heterocycles. The fraction of sp³-hybridized carbons (Fsp3) is 0.476. The number of nitrogens with zero attached hydrogens (tertiary/aromatic N) is 9. The van der Waals surface area contributed by atoms with Crippen LogP contribution in [0.15, 0.2) is 47.5 Å². The molecular formula is C42H51ClN12O5. The smallest absolute Gasteiger partial charge is 0.294 e. The number of amides is 3. The highest BCUT2D eigenvalue weighted by atomic mass is 35.5. The number of ether oxygens (including phenoxy) is 1. The van der Waals surface area contributed by atoms with Crippen LogP contribution in [0.1, 0.15) is 64.1 Å². The van der Waals surface area contributed by atoms with Gasteiger partial charge < -0.3 is 25.2 Å². The number of piperidine rings is 2. The number of nitrogens with one attached hydrogen (secondary N) is 3. The van der Waals surface area contributed by atoms with Crippen LogP contribution >= 0.6 is 11.6 Å². The van der Waals surface area contributed by atoms with Crippen molar-refractivity contribution in [2.75, 3.05) is 68.0 Å². The van der Waals surface area contributed by atoms with Crippen molar-refractivity contribution in [1.29, 1.82) is 0 Å². The minimum Gasteiger partial charge on any atom is -0.478 e. The van der Waals surface area contributed by atoms with Gasteiger partial charge in [0.15, 0.2) is 18.2 Å². The number of rotatable bonds is 11. The molecule has 0 spiro atoms. The number of carbonyl (C=O) groups is 3. The van der Waals surface area contributed by atoms with E-state index in [4.69, 9.17) is 26.4 Å². The number of pyridine rings is 2. The first-order valence-corrected chi connectivity index (χ1v) is 21.0. The molecule has 60 heavy (non-hydrogen) atoms. The summed E-state index contributed by atoms with van der Waals surface area (Å²) in [6.07, 6.45) is 6.16. The van der Waals surface area contributed by atoms with Crippen molar-refractivity contribution in [3.05, 3.63) is 63.8 Å². The summed E-state index contributed by atoms with van der Waals surface area (Å²) in [6.45, 7) is 11.0. The Balaban J connectivity index is 0.894. The lowest BCUT2D eigenvalue weighted by Crippen LogP contribution is -2.53. The summed E-state index contributed by atoms with van der Waals surface area (Å²) in [5.41, 5.74) is 3.63. The summed E-state index contributed by atoms with van der Waals surface area (Å²) in [7, 11) is 3.44. The molecule has 18 heteroatoms. The van der Waals surface area contributed by atoms with Crippen LogP contribution in [-0.4, -0.2) is 111 Å². The number of para-hydroxylation sites is 1. The normalized spacial score (nSPS) is 18.6. The van der Waals surface area contributed by atoms with E-state index in [9.17, 15) is 19.2 Å². The fourth-order valence-corrected chi connectivity index (χ4v) is 9.00. The summed E-state index contributed by atoms with van der Waals surface area (Å²) < 4.78 is 9.03. The number of benzene rings is 1. The molecule has 8 rings (SSSR count). The van der Waals surface area contributed by atoms with Crippen molar-refractivity contribution < 1.29 is 19.1 Å². The molecular weight excluding hydrogens is 788 g/mol. The van der Waals surface area contributed by atoms with Gasteiger partial charge >= 0.3 is 0 Å². The highest BCUT2D eigenvalue weighted by Crippen LogP contribution is 2.37. The first kappa shape index (κ1) is 40.9. The first-order valence-electron chi connectivity index (χ1n) is 20.6. The lowest BCUT2D eigenvalue weighted by Gasteiger charge is -2.43. The van der Waals surface area contributed by atoms with Gasteiger partial charge in [-0.15, -0.1) is 0 Å². The Hall–Kier alpha value is -5.81. The molecule has 3 aliphatic heterocycles. The molecule has 7 heterocycles. The number of imide groups is 1. The third kappa shape index (κ3) is 8.07. The van der Waals surface area contributed by atoms with E-state index >= 15 is 0 Å². The molecule has 3 aliphatic rings. The lowest BCUT2D eigenvalue weighted by atomic mass is 9.88. The van der Waals surface area contributed by atoms with Crippen LogP contribution in [0.5, 0.6) is 5.75 Å². The van der Waals surface area contributed by atoms with Crippen molar-refractivity contribution in [3.8, 4) is 5.75 Å². The molecule has 3 fully saturated rings. The minimum atomic E-state index is -0.431. The van der Waals surface area contributed by atoms with Gasteiger partial charge in [0.2, 0.25) is 17.8 Å². The topological polar surface area (TPSA) is 185 Å². The number of likely N-dealkylation sites (N-methyl/N-ethyl adjacent to an activating group) is 1. The van der Waals surface area contributed by atoms with Crippen molar-refractivity contribution in [2.24, 2.45) is 13.0 Å². The van der Waals surface area contributed by atoms with Gasteiger partial charge in [0.25, 0.3) is 11.5 Å². The van der Waals surface area contributed by atoms with Crippen LogP contribution in [0.25, 0.3) is 21.9 Å². The molecule has 0 bridgehead atoms. The maximum Gasteiger partial charge on any atom is 0.294 e. The van der Waals surface area contributed by atoms with E-state index in [0.717, 1.165) is 74.4 Å². The molecule has 5 aromatic rings. The van der Waals surface area contributed by atoms with Crippen LogP contribution in [-0.2, 0) is 21.4 Å². The Morgan fingerprint density at radius 1 is 0.983 bits per heavy atom. The van der Waals surface area contributed by atoms with Crippen LogP contribution in [0.2, 0.25) is 5.02 Å².